The van der Waals surface area contributed by atoms with Gasteiger partial charge in [0, 0.05) is 11.6 Å². The zero-order valence-corrected chi connectivity index (χ0v) is 12.2. The first-order valence-electron chi connectivity index (χ1n) is 6.64. The second kappa shape index (κ2) is 5.12. The van der Waals surface area contributed by atoms with Crippen molar-refractivity contribution in [2.75, 3.05) is 6.61 Å². The number of carbonyl (C=O) groups excluding carboxylic acids is 1. The standard InChI is InChI=1S/C16H19NO3/c1-5-20-15(19)12-9-17-13-8-10(16(2,3)4)6-7-11(13)14(12)18/h6-9H,5H2,1-4H3,(H,17,18). The summed E-state index contributed by atoms with van der Waals surface area (Å²) in [5.41, 5.74) is 1.90. The number of benzene rings is 1. The highest BCUT2D eigenvalue weighted by Gasteiger charge is 2.18. The van der Waals surface area contributed by atoms with E-state index in [0.717, 1.165) is 5.56 Å². The fraction of sp³-hybridized carbons (Fsp3) is 0.375. The lowest BCUT2D eigenvalue weighted by Crippen LogP contribution is -2.11. The molecule has 0 unspecified atom stereocenters. The molecular weight excluding hydrogens is 254 g/mol. The SMILES string of the molecule is CCOC(=O)c1cnc2cc(C(C)(C)C)ccc2c1O. The molecule has 1 heterocycles. The second-order valence-corrected chi connectivity index (χ2v) is 5.72. The van der Waals surface area contributed by atoms with Crippen LogP contribution in [0.1, 0.15) is 43.6 Å². The number of nitrogens with zero attached hydrogens (tertiary/aromatic N) is 1. The molecule has 4 heteroatoms. The zero-order chi connectivity index (χ0) is 14.9. The average Bonchev–Trinajstić information content (AvgIpc) is 2.38. The fourth-order valence-electron chi connectivity index (χ4n) is 2.00. The van der Waals surface area contributed by atoms with Crippen molar-refractivity contribution in [3.63, 3.8) is 0 Å². The first-order chi connectivity index (χ1) is 9.34. The minimum absolute atomic E-state index is 0.00526. The Morgan fingerprint density at radius 1 is 1.35 bits per heavy atom. The van der Waals surface area contributed by atoms with Crippen molar-refractivity contribution in [3.8, 4) is 5.75 Å². The number of fused-ring (bicyclic) bond motifs is 1. The van der Waals surface area contributed by atoms with Crippen LogP contribution in [-0.2, 0) is 10.2 Å². The molecule has 0 fully saturated rings. The van der Waals surface area contributed by atoms with Gasteiger partial charge in [0.15, 0.2) is 0 Å². The number of esters is 1. The largest absolute Gasteiger partial charge is 0.506 e. The van der Waals surface area contributed by atoms with Crippen LogP contribution in [0.5, 0.6) is 5.75 Å². The number of ether oxygens (including phenoxy) is 1. The lowest BCUT2D eigenvalue weighted by atomic mass is 9.86. The van der Waals surface area contributed by atoms with E-state index in [0.29, 0.717) is 10.9 Å². The molecule has 0 aliphatic rings. The van der Waals surface area contributed by atoms with E-state index >= 15 is 0 Å². The van der Waals surface area contributed by atoms with Crippen molar-refractivity contribution in [3.05, 3.63) is 35.5 Å². The molecule has 0 aliphatic carbocycles. The van der Waals surface area contributed by atoms with Crippen molar-refractivity contribution in [1.29, 1.82) is 0 Å². The lowest BCUT2D eigenvalue weighted by Gasteiger charge is -2.19. The first kappa shape index (κ1) is 14.3. The molecule has 1 aromatic heterocycles. The van der Waals surface area contributed by atoms with E-state index in [4.69, 9.17) is 4.74 Å². The van der Waals surface area contributed by atoms with Crippen LogP contribution in [0.25, 0.3) is 10.9 Å². The van der Waals surface area contributed by atoms with E-state index in [-0.39, 0.29) is 23.3 Å². The van der Waals surface area contributed by atoms with Crippen LogP contribution in [-0.4, -0.2) is 22.7 Å². The highest BCUT2D eigenvalue weighted by atomic mass is 16.5. The van der Waals surface area contributed by atoms with Gasteiger partial charge in [0.2, 0.25) is 0 Å². The van der Waals surface area contributed by atoms with Crippen LogP contribution in [0.3, 0.4) is 0 Å². The average molecular weight is 273 g/mol. The van der Waals surface area contributed by atoms with E-state index < -0.39 is 5.97 Å². The molecule has 2 aromatic rings. The summed E-state index contributed by atoms with van der Waals surface area (Å²) in [5.74, 6) is -0.631. The van der Waals surface area contributed by atoms with Crippen molar-refractivity contribution >= 4 is 16.9 Å². The van der Waals surface area contributed by atoms with Crippen LogP contribution in [0.15, 0.2) is 24.4 Å². The molecule has 0 saturated carbocycles. The number of carbonyl (C=O) groups is 1. The summed E-state index contributed by atoms with van der Waals surface area (Å²) in [6.45, 7) is 8.32. The van der Waals surface area contributed by atoms with Gasteiger partial charge in [-0.3, -0.25) is 4.98 Å². The smallest absolute Gasteiger partial charge is 0.343 e. The van der Waals surface area contributed by atoms with Gasteiger partial charge in [-0.2, -0.15) is 0 Å². The van der Waals surface area contributed by atoms with Gasteiger partial charge < -0.3 is 9.84 Å². The maximum Gasteiger partial charge on any atom is 0.343 e. The fourth-order valence-corrected chi connectivity index (χ4v) is 2.00. The molecular formula is C16H19NO3. The Morgan fingerprint density at radius 2 is 2.05 bits per heavy atom. The Labute approximate surface area is 118 Å². The Hall–Kier alpha value is -2.10. The molecule has 0 atom stereocenters. The quantitative estimate of drug-likeness (QED) is 0.852. The van der Waals surface area contributed by atoms with Crippen molar-refractivity contribution in [2.24, 2.45) is 0 Å². The summed E-state index contributed by atoms with van der Waals surface area (Å²) in [5, 5.41) is 10.8. The van der Waals surface area contributed by atoms with E-state index in [1.54, 1.807) is 13.0 Å². The van der Waals surface area contributed by atoms with Crippen molar-refractivity contribution in [1.82, 2.24) is 4.98 Å². The molecule has 2 rings (SSSR count). The van der Waals surface area contributed by atoms with E-state index in [1.807, 2.05) is 12.1 Å². The summed E-state index contributed by atoms with van der Waals surface area (Å²) >= 11 is 0. The van der Waals surface area contributed by atoms with E-state index in [2.05, 4.69) is 25.8 Å². The highest BCUT2D eigenvalue weighted by Crippen LogP contribution is 2.31. The molecule has 0 radical (unpaired) electrons. The molecule has 1 N–H and O–H groups in total. The van der Waals surface area contributed by atoms with Gasteiger partial charge in [-0.15, -0.1) is 0 Å². The first-order valence-corrected chi connectivity index (χ1v) is 6.64. The molecule has 0 spiro atoms. The summed E-state index contributed by atoms with van der Waals surface area (Å²) in [7, 11) is 0. The molecule has 20 heavy (non-hydrogen) atoms. The van der Waals surface area contributed by atoms with Gasteiger partial charge in [0.05, 0.1) is 12.1 Å². The predicted octanol–water partition coefficient (Wildman–Crippen LogP) is 3.41. The Balaban J connectivity index is 2.55. The van der Waals surface area contributed by atoms with Gasteiger partial charge in [0.1, 0.15) is 11.3 Å². The highest BCUT2D eigenvalue weighted by molar-refractivity contribution is 5.99. The van der Waals surface area contributed by atoms with Crippen LogP contribution in [0, 0.1) is 0 Å². The molecule has 106 valence electrons. The minimum atomic E-state index is -0.556. The normalized spacial score (nSPS) is 11.6. The topological polar surface area (TPSA) is 59.4 Å². The predicted molar refractivity (Wildman–Crippen MR) is 78.1 cm³/mol. The van der Waals surface area contributed by atoms with Crippen LogP contribution >= 0.6 is 0 Å². The van der Waals surface area contributed by atoms with E-state index in [9.17, 15) is 9.90 Å². The summed E-state index contributed by atoms with van der Waals surface area (Å²) in [4.78, 5) is 16.0. The van der Waals surface area contributed by atoms with Gasteiger partial charge in [-0.05, 0) is 30.0 Å². The van der Waals surface area contributed by atoms with Crippen LogP contribution < -0.4 is 0 Å². The minimum Gasteiger partial charge on any atom is -0.506 e. The van der Waals surface area contributed by atoms with Crippen molar-refractivity contribution in [2.45, 2.75) is 33.1 Å². The van der Waals surface area contributed by atoms with Crippen LogP contribution in [0.4, 0.5) is 0 Å². The monoisotopic (exact) mass is 273 g/mol. The Morgan fingerprint density at radius 3 is 2.65 bits per heavy atom. The number of pyridine rings is 1. The molecule has 0 saturated heterocycles. The van der Waals surface area contributed by atoms with Gasteiger partial charge in [-0.25, -0.2) is 4.79 Å². The van der Waals surface area contributed by atoms with Gasteiger partial charge >= 0.3 is 5.97 Å². The number of aromatic hydroxyl groups is 1. The zero-order valence-electron chi connectivity index (χ0n) is 12.2. The van der Waals surface area contributed by atoms with Crippen LogP contribution in [0.2, 0.25) is 0 Å². The maximum absolute atomic E-state index is 11.7. The lowest BCUT2D eigenvalue weighted by molar-refractivity contribution is 0.0523. The third-order valence-corrected chi connectivity index (χ3v) is 3.20. The molecule has 0 amide bonds. The number of hydrogen-bond acceptors (Lipinski definition) is 4. The molecule has 0 aliphatic heterocycles. The summed E-state index contributed by atoms with van der Waals surface area (Å²) < 4.78 is 4.90. The molecule has 4 nitrogen and oxygen atoms in total. The molecule has 0 bridgehead atoms. The number of aromatic nitrogens is 1. The number of rotatable bonds is 2. The summed E-state index contributed by atoms with van der Waals surface area (Å²) in [6.07, 6.45) is 1.36. The van der Waals surface area contributed by atoms with Gasteiger partial charge in [0.25, 0.3) is 0 Å². The third kappa shape index (κ3) is 2.59. The molecule has 1 aromatic carbocycles. The summed E-state index contributed by atoms with van der Waals surface area (Å²) in [6, 6.07) is 5.67. The Kier molecular flexibility index (Phi) is 3.66. The second-order valence-electron chi connectivity index (χ2n) is 5.72. The maximum atomic E-state index is 11.7. The van der Waals surface area contributed by atoms with Crippen molar-refractivity contribution < 1.29 is 14.6 Å². The third-order valence-electron chi connectivity index (χ3n) is 3.20. The Bertz CT molecular complexity index is 657. The number of hydrogen-bond donors (Lipinski definition) is 1. The van der Waals surface area contributed by atoms with E-state index in [1.165, 1.54) is 6.20 Å². The van der Waals surface area contributed by atoms with Gasteiger partial charge in [-0.1, -0.05) is 26.8 Å².